The number of aliphatic hydroxyl groups is 2. The molecule has 0 bridgehead atoms. The minimum atomic E-state index is -0.653. The summed E-state index contributed by atoms with van der Waals surface area (Å²) in [6.07, 6.45) is 69.8. The van der Waals surface area contributed by atoms with Crippen molar-refractivity contribution >= 4 is 5.91 Å². The van der Waals surface area contributed by atoms with Crippen molar-refractivity contribution in [2.24, 2.45) is 0 Å². The molecule has 372 valence electrons. The van der Waals surface area contributed by atoms with Crippen molar-refractivity contribution < 1.29 is 15.0 Å². The summed E-state index contributed by atoms with van der Waals surface area (Å²) < 4.78 is 0. The number of amides is 1. The molecule has 0 fully saturated rings. The molecule has 0 spiro atoms. The molecule has 0 aliphatic carbocycles. The van der Waals surface area contributed by atoms with Gasteiger partial charge in [-0.1, -0.05) is 328 Å². The Labute approximate surface area is 391 Å². The van der Waals surface area contributed by atoms with Gasteiger partial charge in [-0.3, -0.25) is 4.79 Å². The second-order valence-corrected chi connectivity index (χ2v) is 20.4. The van der Waals surface area contributed by atoms with Gasteiger partial charge in [0.05, 0.1) is 18.8 Å². The van der Waals surface area contributed by atoms with E-state index in [9.17, 15) is 15.0 Å². The Morgan fingerprint density at radius 1 is 0.323 bits per heavy atom. The van der Waals surface area contributed by atoms with Gasteiger partial charge in [-0.25, -0.2) is 0 Å². The number of hydrogen-bond acceptors (Lipinski definition) is 3. The van der Waals surface area contributed by atoms with Crippen molar-refractivity contribution in [3.05, 3.63) is 0 Å². The van der Waals surface area contributed by atoms with E-state index in [1.54, 1.807) is 0 Å². The van der Waals surface area contributed by atoms with Crippen LogP contribution < -0.4 is 5.32 Å². The second kappa shape index (κ2) is 54.7. The van der Waals surface area contributed by atoms with Gasteiger partial charge in [-0.2, -0.15) is 0 Å². The highest BCUT2D eigenvalue weighted by Gasteiger charge is 2.20. The number of rotatable bonds is 55. The zero-order valence-electron chi connectivity index (χ0n) is 42.9. The van der Waals surface area contributed by atoms with E-state index in [4.69, 9.17) is 0 Å². The van der Waals surface area contributed by atoms with E-state index in [2.05, 4.69) is 19.2 Å². The highest BCUT2D eigenvalue weighted by molar-refractivity contribution is 5.76. The van der Waals surface area contributed by atoms with Crippen LogP contribution in [0.3, 0.4) is 0 Å². The molecule has 0 rings (SSSR count). The molecule has 0 heterocycles. The van der Waals surface area contributed by atoms with Crippen LogP contribution in [0.4, 0.5) is 0 Å². The predicted molar refractivity (Wildman–Crippen MR) is 276 cm³/mol. The van der Waals surface area contributed by atoms with Crippen molar-refractivity contribution in [3.8, 4) is 0 Å². The van der Waals surface area contributed by atoms with Crippen molar-refractivity contribution in [3.63, 3.8) is 0 Å². The topological polar surface area (TPSA) is 69.6 Å². The molecule has 0 saturated heterocycles. The summed E-state index contributed by atoms with van der Waals surface area (Å²) in [6, 6.07) is -0.530. The van der Waals surface area contributed by atoms with Gasteiger partial charge in [0.2, 0.25) is 5.91 Å². The summed E-state index contributed by atoms with van der Waals surface area (Å²) in [5, 5.41) is 23.2. The number of aliphatic hydroxyl groups excluding tert-OH is 2. The fourth-order valence-corrected chi connectivity index (χ4v) is 9.66. The lowest BCUT2D eigenvalue weighted by molar-refractivity contribution is -0.123. The summed E-state index contributed by atoms with van der Waals surface area (Å²) in [4.78, 5) is 12.4. The van der Waals surface area contributed by atoms with Gasteiger partial charge in [-0.15, -0.1) is 0 Å². The van der Waals surface area contributed by atoms with E-state index in [1.807, 2.05) is 0 Å². The standard InChI is InChI=1S/C58H117NO3/c1-3-5-7-9-11-13-15-17-18-19-20-21-22-23-24-25-26-27-28-29-30-31-32-33-34-35-36-37-38-39-40-41-42-44-46-48-50-52-54-58(62)59-56(55-60)57(61)53-51-49-47-45-43-16-14-12-10-8-6-4-2/h56-57,60-61H,3-55H2,1-2H3,(H,59,62). The SMILES string of the molecule is CCCCCCCCCCCCCCCCCCCCCCCCCCCCCCCCCCCCCCCCC(=O)NC(CO)C(O)CCCCCCCCCCCCCC. The fourth-order valence-electron chi connectivity index (χ4n) is 9.66. The molecular formula is C58H117NO3. The zero-order valence-corrected chi connectivity index (χ0v) is 42.9. The van der Waals surface area contributed by atoms with Gasteiger partial charge in [0, 0.05) is 6.42 Å². The van der Waals surface area contributed by atoms with Gasteiger partial charge < -0.3 is 15.5 Å². The first-order valence-corrected chi connectivity index (χ1v) is 29.2. The van der Waals surface area contributed by atoms with E-state index in [0.29, 0.717) is 12.8 Å². The number of unbranched alkanes of at least 4 members (excludes halogenated alkanes) is 48. The third-order valence-electron chi connectivity index (χ3n) is 14.1. The molecular weight excluding hydrogens is 759 g/mol. The largest absolute Gasteiger partial charge is 0.394 e. The maximum Gasteiger partial charge on any atom is 0.220 e. The van der Waals surface area contributed by atoms with Crippen molar-refractivity contribution in [1.29, 1.82) is 0 Å². The highest BCUT2D eigenvalue weighted by atomic mass is 16.3. The summed E-state index contributed by atoms with van der Waals surface area (Å²) >= 11 is 0. The van der Waals surface area contributed by atoms with Crippen LogP contribution in [0.25, 0.3) is 0 Å². The number of carbonyl (C=O) groups excluding carboxylic acids is 1. The Morgan fingerprint density at radius 3 is 0.726 bits per heavy atom. The minimum Gasteiger partial charge on any atom is -0.394 e. The van der Waals surface area contributed by atoms with Crippen LogP contribution in [0.2, 0.25) is 0 Å². The molecule has 2 atom stereocenters. The molecule has 0 aromatic heterocycles. The normalized spacial score (nSPS) is 12.6. The lowest BCUT2D eigenvalue weighted by atomic mass is 10.0. The third kappa shape index (κ3) is 50.4. The molecule has 0 aliphatic rings. The highest BCUT2D eigenvalue weighted by Crippen LogP contribution is 2.19. The molecule has 62 heavy (non-hydrogen) atoms. The van der Waals surface area contributed by atoms with E-state index < -0.39 is 12.1 Å². The number of carbonyl (C=O) groups is 1. The zero-order chi connectivity index (χ0) is 44.9. The van der Waals surface area contributed by atoms with Crippen LogP contribution in [0.1, 0.15) is 348 Å². The number of hydrogen-bond donors (Lipinski definition) is 3. The summed E-state index contributed by atoms with van der Waals surface area (Å²) in [5.74, 6) is -0.0239. The first kappa shape index (κ1) is 61.4. The molecule has 4 heteroatoms. The maximum absolute atomic E-state index is 12.4. The lowest BCUT2D eigenvalue weighted by Crippen LogP contribution is -2.45. The smallest absolute Gasteiger partial charge is 0.220 e. The minimum absolute atomic E-state index is 0.0239. The van der Waals surface area contributed by atoms with E-state index in [1.165, 1.54) is 295 Å². The van der Waals surface area contributed by atoms with E-state index >= 15 is 0 Å². The average molecular weight is 877 g/mol. The van der Waals surface area contributed by atoms with Gasteiger partial charge >= 0.3 is 0 Å². The maximum atomic E-state index is 12.4. The Kier molecular flexibility index (Phi) is 54.2. The predicted octanol–water partition coefficient (Wildman–Crippen LogP) is 19.1. The van der Waals surface area contributed by atoms with Gasteiger partial charge in [0.25, 0.3) is 0 Å². The molecule has 4 nitrogen and oxygen atoms in total. The molecule has 1 amide bonds. The third-order valence-corrected chi connectivity index (χ3v) is 14.1. The van der Waals surface area contributed by atoms with Crippen LogP contribution in [-0.4, -0.2) is 34.9 Å². The van der Waals surface area contributed by atoms with Crippen LogP contribution >= 0.6 is 0 Å². The first-order valence-electron chi connectivity index (χ1n) is 29.2. The summed E-state index contributed by atoms with van der Waals surface area (Å²) in [5.41, 5.74) is 0. The van der Waals surface area contributed by atoms with Crippen LogP contribution in [0, 0.1) is 0 Å². The van der Waals surface area contributed by atoms with Crippen LogP contribution in [0.15, 0.2) is 0 Å². The van der Waals surface area contributed by atoms with Crippen molar-refractivity contribution in [1.82, 2.24) is 5.32 Å². The van der Waals surface area contributed by atoms with E-state index in [-0.39, 0.29) is 12.5 Å². The molecule has 0 aromatic rings. The average Bonchev–Trinajstić information content (AvgIpc) is 3.28. The van der Waals surface area contributed by atoms with Gasteiger partial charge in [-0.05, 0) is 12.8 Å². The second-order valence-electron chi connectivity index (χ2n) is 20.4. The van der Waals surface area contributed by atoms with Crippen LogP contribution in [-0.2, 0) is 4.79 Å². The fraction of sp³-hybridized carbons (Fsp3) is 0.983. The van der Waals surface area contributed by atoms with Gasteiger partial charge in [0.15, 0.2) is 0 Å². The quantitative estimate of drug-likeness (QED) is 0.0533. The Bertz CT molecular complexity index is 819. The van der Waals surface area contributed by atoms with Crippen LogP contribution in [0.5, 0.6) is 0 Å². The molecule has 0 aromatic carbocycles. The van der Waals surface area contributed by atoms with Gasteiger partial charge in [0.1, 0.15) is 0 Å². The molecule has 2 unspecified atom stereocenters. The lowest BCUT2D eigenvalue weighted by Gasteiger charge is -2.22. The Morgan fingerprint density at radius 2 is 0.516 bits per heavy atom. The summed E-state index contributed by atoms with van der Waals surface area (Å²) in [7, 11) is 0. The molecule has 0 radical (unpaired) electrons. The van der Waals surface area contributed by atoms with E-state index in [0.717, 1.165) is 25.7 Å². The Hall–Kier alpha value is -0.610. The van der Waals surface area contributed by atoms with Crippen molar-refractivity contribution in [2.75, 3.05) is 6.61 Å². The summed E-state index contributed by atoms with van der Waals surface area (Å²) in [6.45, 7) is 4.39. The molecule has 3 N–H and O–H groups in total. The molecule has 0 saturated carbocycles. The van der Waals surface area contributed by atoms with Crippen molar-refractivity contribution in [2.45, 2.75) is 360 Å². The molecule has 0 aliphatic heterocycles. The number of nitrogens with one attached hydrogen (secondary N) is 1. The monoisotopic (exact) mass is 876 g/mol. The Balaban J connectivity index is 3.30. The first-order chi connectivity index (χ1) is 30.7.